The lowest BCUT2D eigenvalue weighted by Crippen LogP contribution is -1.97. The summed E-state index contributed by atoms with van der Waals surface area (Å²) >= 11 is 0.854. The van der Waals surface area contributed by atoms with Gasteiger partial charge in [-0.05, 0) is 12.5 Å². The Balaban J connectivity index is 2.37. The first-order valence-corrected chi connectivity index (χ1v) is 6.40. The molecule has 1 aromatic heterocycles. The molecule has 0 atom stereocenters. The van der Waals surface area contributed by atoms with Crippen LogP contribution in [0.1, 0.15) is 5.56 Å². The fraction of sp³-hybridized carbons (Fsp3) is 0.182. The topological polar surface area (TPSA) is 119 Å². The predicted octanol–water partition coefficient (Wildman–Crippen LogP) is 2.13. The van der Waals surface area contributed by atoms with Gasteiger partial charge in [-0.15, -0.1) is 10.2 Å². The van der Waals surface area contributed by atoms with Crippen molar-refractivity contribution < 1.29 is 19.2 Å². The fourth-order valence-corrected chi connectivity index (χ4v) is 2.06. The second-order valence-electron chi connectivity index (χ2n) is 3.78. The van der Waals surface area contributed by atoms with E-state index in [1.54, 1.807) is 19.1 Å². The van der Waals surface area contributed by atoms with E-state index in [-0.39, 0.29) is 28.1 Å². The number of aliphatic carboxylic acids is 1. The van der Waals surface area contributed by atoms with Crippen molar-refractivity contribution in [1.29, 1.82) is 0 Å². The van der Waals surface area contributed by atoms with Crippen LogP contribution >= 0.6 is 11.8 Å². The van der Waals surface area contributed by atoms with Gasteiger partial charge in [0.1, 0.15) is 11.3 Å². The molecule has 104 valence electrons. The lowest BCUT2D eigenvalue weighted by atomic mass is 10.1. The summed E-state index contributed by atoms with van der Waals surface area (Å²) in [5.41, 5.74) is 0.730. The Morgan fingerprint density at radius 2 is 2.25 bits per heavy atom. The van der Waals surface area contributed by atoms with Gasteiger partial charge in [0.2, 0.25) is 0 Å². The smallest absolute Gasteiger partial charge is 0.314 e. The largest absolute Gasteiger partial charge is 0.481 e. The van der Waals surface area contributed by atoms with Crippen LogP contribution in [-0.4, -0.2) is 31.9 Å². The highest BCUT2D eigenvalue weighted by atomic mass is 32.2. The normalized spacial score (nSPS) is 10.4. The van der Waals surface area contributed by atoms with E-state index in [1.807, 2.05) is 0 Å². The number of aryl methyl sites for hydroxylation is 1. The Hall–Kier alpha value is -2.42. The standard InChI is InChI=1S/C11H9N3O5S/c1-6-3-2-4-7(14(17)18)9(6)10-12-13-11(19-10)20-5-8(15)16/h2-4H,5H2,1H3,(H,15,16). The minimum Gasteiger partial charge on any atom is -0.481 e. The third-order valence-corrected chi connectivity index (χ3v) is 3.19. The molecule has 9 heteroatoms. The van der Waals surface area contributed by atoms with Gasteiger partial charge in [-0.2, -0.15) is 0 Å². The predicted molar refractivity (Wildman–Crippen MR) is 69.5 cm³/mol. The van der Waals surface area contributed by atoms with Crippen LogP contribution in [0.3, 0.4) is 0 Å². The van der Waals surface area contributed by atoms with Gasteiger partial charge in [0.15, 0.2) is 0 Å². The number of benzene rings is 1. The maximum absolute atomic E-state index is 11.0. The van der Waals surface area contributed by atoms with Crippen molar-refractivity contribution >= 4 is 23.4 Å². The van der Waals surface area contributed by atoms with Crippen molar-refractivity contribution in [3.63, 3.8) is 0 Å². The zero-order valence-electron chi connectivity index (χ0n) is 10.3. The minimum atomic E-state index is -1.02. The highest BCUT2D eigenvalue weighted by molar-refractivity contribution is 7.99. The van der Waals surface area contributed by atoms with Crippen LogP contribution in [0.4, 0.5) is 5.69 Å². The molecule has 2 aromatic rings. The van der Waals surface area contributed by atoms with E-state index in [9.17, 15) is 14.9 Å². The lowest BCUT2D eigenvalue weighted by molar-refractivity contribution is -0.384. The number of rotatable bonds is 5. The van der Waals surface area contributed by atoms with E-state index in [0.717, 1.165) is 11.8 Å². The molecule has 0 aliphatic carbocycles. The summed E-state index contributed by atoms with van der Waals surface area (Å²) in [6.07, 6.45) is 0. The van der Waals surface area contributed by atoms with Crippen molar-refractivity contribution in [1.82, 2.24) is 10.2 Å². The Morgan fingerprint density at radius 1 is 1.50 bits per heavy atom. The van der Waals surface area contributed by atoms with Crippen molar-refractivity contribution in [3.05, 3.63) is 33.9 Å². The molecule has 0 saturated heterocycles. The second-order valence-corrected chi connectivity index (χ2v) is 4.71. The maximum Gasteiger partial charge on any atom is 0.314 e. The van der Waals surface area contributed by atoms with Gasteiger partial charge < -0.3 is 9.52 Å². The SMILES string of the molecule is Cc1cccc([N+](=O)[O-])c1-c1nnc(SCC(=O)O)o1. The molecule has 0 spiro atoms. The summed E-state index contributed by atoms with van der Waals surface area (Å²) < 4.78 is 5.26. The zero-order valence-corrected chi connectivity index (χ0v) is 11.1. The molecule has 8 nitrogen and oxygen atoms in total. The Bertz CT molecular complexity index is 670. The molecular weight excluding hydrogens is 286 g/mol. The molecule has 1 N–H and O–H groups in total. The molecule has 0 aliphatic heterocycles. The summed E-state index contributed by atoms with van der Waals surface area (Å²) in [5, 5.41) is 27.0. The molecule has 0 radical (unpaired) electrons. The number of nitro groups is 1. The van der Waals surface area contributed by atoms with E-state index >= 15 is 0 Å². The van der Waals surface area contributed by atoms with Crippen molar-refractivity contribution in [2.24, 2.45) is 0 Å². The van der Waals surface area contributed by atoms with Gasteiger partial charge in [-0.3, -0.25) is 14.9 Å². The quantitative estimate of drug-likeness (QED) is 0.506. The van der Waals surface area contributed by atoms with Crippen LogP contribution in [0.15, 0.2) is 27.8 Å². The van der Waals surface area contributed by atoms with Gasteiger partial charge in [0.05, 0.1) is 4.92 Å². The Labute approximate surface area is 117 Å². The third-order valence-electron chi connectivity index (χ3n) is 2.39. The van der Waals surface area contributed by atoms with Crippen LogP contribution in [0, 0.1) is 17.0 Å². The molecular formula is C11H9N3O5S. The molecule has 0 saturated carbocycles. The number of thioether (sulfide) groups is 1. The summed E-state index contributed by atoms with van der Waals surface area (Å²) in [7, 11) is 0. The lowest BCUT2D eigenvalue weighted by Gasteiger charge is -2.01. The minimum absolute atomic E-state index is 0.00249. The number of nitro benzene ring substituents is 1. The van der Waals surface area contributed by atoms with E-state index in [0.29, 0.717) is 5.56 Å². The maximum atomic E-state index is 11.0. The molecule has 0 unspecified atom stereocenters. The van der Waals surface area contributed by atoms with Crippen LogP contribution in [-0.2, 0) is 4.79 Å². The van der Waals surface area contributed by atoms with Crippen LogP contribution in [0.2, 0.25) is 0 Å². The first kappa shape index (κ1) is 14.0. The van der Waals surface area contributed by atoms with E-state index < -0.39 is 10.9 Å². The molecule has 0 fully saturated rings. The summed E-state index contributed by atoms with van der Waals surface area (Å²) in [6, 6.07) is 4.60. The highest BCUT2D eigenvalue weighted by Crippen LogP contribution is 2.33. The number of carboxylic acid groups (broad SMARTS) is 1. The number of carbonyl (C=O) groups is 1. The molecule has 0 amide bonds. The van der Waals surface area contributed by atoms with Crippen molar-refractivity contribution in [3.8, 4) is 11.5 Å². The number of carboxylic acids is 1. The van der Waals surface area contributed by atoms with Crippen LogP contribution in [0.5, 0.6) is 0 Å². The van der Waals surface area contributed by atoms with Gasteiger partial charge >= 0.3 is 5.97 Å². The van der Waals surface area contributed by atoms with E-state index in [4.69, 9.17) is 9.52 Å². The Morgan fingerprint density at radius 3 is 2.90 bits per heavy atom. The van der Waals surface area contributed by atoms with Crippen molar-refractivity contribution in [2.75, 3.05) is 5.75 Å². The van der Waals surface area contributed by atoms with Gasteiger partial charge in [-0.25, -0.2) is 0 Å². The van der Waals surface area contributed by atoms with E-state index in [2.05, 4.69) is 10.2 Å². The number of hydrogen-bond donors (Lipinski definition) is 1. The molecule has 0 bridgehead atoms. The molecule has 1 aromatic carbocycles. The van der Waals surface area contributed by atoms with Crippen molar-refractivity contribution in [2.45, 2.75) is 12.1 Å². The Kier molecular flexibility index (Phi) is 3.99. The molecule has 2 rings (SSSR count). The first-order valence-electron chi connectivity index (χ1n) is 5.41. The number of nitrogens with zero attached hydrogens (tertiary/aromatic N) is 3. The van der Waals surface area contributed by atoms with Gasteiger partial charge in [-0.1, -0.05) is 23.9 Å². The average Bonchev–Trinajstić information content (AvgIpc) is 2.84. The summed E-state index contributed by atoms with van der Waals surface area (Å²) in [4.78, 5) is 20.9. The monoisotopic (exact) mass is 295 g/mol. The summed E-state index contributed by atoms with van der Waals surface area (Å²) in [6.45, 7) is 1.69. The third kappa shape index (κ3) is 2.94. The highest BCUT2D eigenvalue weighted by Gasteiger charge is 2.22. The van der Waals surface area contributed by atoms with Crippen LogP contribution < -0.4 is 0 Å². The molecule has 0 aliphatic rings. The fourth-order valence-electron chi connectivity index (χ4n) is 1.58. The van der Waals surface area contributed by atoms with Gasteiger partial charge in [0, 0.05) is 6.07 Å². The van der Waals surface area contributed by atoms with Crippen LogP contribution in [0.25, 0.3) is 11.5 Å². The zero-order chi connectivity index (χ0) is 14.7. The second kappa shape index (κ2) is 5.70. The van der Waals surface area contributed by atoms with E-state index in [1.165, 1.54) is 6.07 Å². The summed E-state index contributed by atoms with van der Waals surface area (Å²) in [5.74, 6) is -1.24. The van der Waals surface area contributed by atoms with Gasteiger partial charge in [0.25, 0.3) is 16.8 Å². The first-order chi connectivity index (χ1) is 9.49. The molecule has 20 heavy (non-hydrogen) atoms. The molecule has 1 heterocycles. The average molecular weight is 295 g/mol. The number of hydrogen-bond acceptors (Lipinski definition) is 7. The number of aromatic nitrogens is 2.